The van der Waals surface area contributed by atoms with Crippen LogP contribution in [0.2, 0.25) is 0 Å². The fraction of sp³-hybridized carbons (Fsp3) is 0.562. The van der Waals surface area contributed by atoms with E-state index in [1.807, 2.05) is 0 Å². The van der Waals surface area contributed by atoms with Crippen LogP contribution in [0.1, 0.15) is 23.7 Å². The standard InChI is InChI=1S/C16H23NO4/c1-4-20-16(18)12-5-7-14(8-6-12)21-11-13-9-15(19-3)10-17(13)2/h5-8,13,15H,4,9-11H2,1-3H3/t13-,15-/m0/s1. The molecule has 1 aromatic carbocycles. The number of hydrogen-bond acceptors (Lipinski definition) is 5. The lowest BCUT2D eigenvalue weighted by Crippen LogP contribution is -2.30. The largest absolute Gasteiger partial charge is 0.492 e. The first-order valence-electron chi connectivity index (χ1n) is 7.27. The first-order chi connectivity index (χ1) is 10.1. The molecule has 1 saturated heterocycles. The summed E-state index contributed by atoms with van der Waals surface area (Å²) in [6, 6.07) is 7.41. The van der Waals surface area contributed by atoms with E-state index in [0.29, 0.717) is 24.8 Å². The average Bonchev–Trinajstić information content (AvgIpc) is 2.86. The summed E-state index contributed by atoms with van der Waals surface area (Å²) in [4.78, 5) is 13.8. The van der Waals surface area contributed by atoms with Gasteiger partial charge in [-0.2, -0.15) is 0 Å². The lowest BCUT2D eigenvalue weighted by atomic mass is 10.2. The van der Waals surface area contributed by atoms with Gasteiger partial charge in [-0.05, 0) is 44.7 Å². The molecular formula is C16H23NO4. The average molecular weight is 293 g/mol. The van der Waals surface area contributed by atoms with E-state index in [4.69, 9.17) is 14.2 Å². The number of likely N-dealkylation sites (N-methyl/N-ethyl adjacent to an activating group) is 1. The molecule has 0 aliphatic carbocycles. The minimum atomic E-state index is -0.303. The van der Waals surface area contributed by atoms with Gasteiger partial charge >= 0.3 is 5.97 Å². The highest BCUT2D eigenvalue weighted by Gasteiger charge is 2.29. The summed E-state index contributed by atoms with van der Waals surface area (Å²) in [5.74, 6) is 0.458. The number of ether oxygens (including phenoxy) is 3. The van der Waals surface area contributed by atoms with Crippen molar-refractivity contribution in [1.82, 2.24) is 4.90 Å². The highest BCUT2D eigenvalue weighted by molar-refractivity contribution is 5.89. The third-order valence-electron chi connectivity index (χ3n) is 3.79. The van der Waals surface area contributed by atoms with Crippen LogP contribution in [0.5, 0.6) is 5.75 Å². The van der Waals surface area contributed by atoms with Crippen molar-refractivity contribution in [2.24, 2.45) is 0 Å². The minimum absolute atomic E-state index is 0.287. The van der Waals surface area contributed by atoms with Crippen molar-refractivity contribution in [3.63, 3.8) is 0 Å². The molecule has 0 saturated carbocycles. The molecule has 5 nitrogen and oxygen atoms in total. The Morgan fingerprint density at radius 1 is 1.33 bits per heavy atom. The summed E-state index contributed by atoms with van der Waals surface area (Å²) in [5, 5.41) is 0. The van der Waals surface area contributed by atoms with Gasteiger partial charge in [0.2, 0.25) is 0 Å². The fourth-order valence-electron chi connectivity index (χ4n) is 2.49. The predicted molar refractivity (Wildman–Crippen MR) is 79.7 cm³/mol. The summed E-state index contributed by atoms with van der Waals surface area (Å²) >= 11 is 0. The Kier molecular flexibility index (Phi) is 5.59. The molecule has 0 unspecified atom stereocenters. The summed E-state index contributed by atoms with van der Waals surface area (Å²) in [6.45, 7) is 3.73. The maximum atomic E-state index is 11.6. The van der Waals surface area contributed by atoms with Gasteiger partial charge < -0.3 is 14.2 Å². The van der Waals surface area contributed by atoms with Gasteiger partial charge in [0, 0.05) is 19.7 Å². The van der Waals surface area contributed by atoms with E-state index < -0.39 is 0 Å². The molecule has 0 N–H and O–H groups in total. The summed E-state index contributed by atoms with van der Waals surface area (Å²) in [5.41, 5.74) is 0.543. The molecule has 1 heterocycles. The zero-order valence-corrected chi connectivity index (χ0v) is 12.9. The number of hydrogen-bond donors (Lipinski definition) is 0. The van der Waals surface area contributed by atoms with Crippen molar-refractivity contribution in [2.75, 3.05) is 33.9 Å². The van der Waals surface area contributed by atoms with Gasteiger partial charge in [0.05, 0.1) is 18.3 Å². The van der Waals surface area contributed by atoms with E-state index in [1.54, 1.807) is 38.3 Å². The predicted octanol–water partition coefficient (Wildman–Crippen LogP) is 1.96. The molecule has 2 atom stereocenters. The Morgan fingerprint density at radius 2 is 2.05 bits per heavy atom. The maximum absolute atomic E-state index is 11.6. The number of carbonyl (C=O) groups excluding carboxylic acids is 1. The van der Waals surface area contributed by atoms with Crippen LogP contribution in [-0.4, -0.2) is 56.9 Å². The number of rotatable bonds is 6. The Morgan fingerprint density at radius 3 is 2.62 bits per heavy atom. The van der Waals surface area contributed by atoms with Gasteiger partial charge in [0.25, 0.3) is 0 Å². The van der Waals surface area contributed by atoms with E-state index in [1.165, 1.54) is 0 Å². The quantitative estimate of drug-likeness (QED) is 0.750. The lowest BCUT2D eigenvalue weighted by molar-refractivity contribution is 0.0526. The molecule has 21 heavy (non-hydrogen) atoms. The first kappa shape index (κ1) is 15.8. The zero-order chi connectivity index (χ0) is 15.2. The monoisotopic (exact) mass is 293 g/mol. The van der Waals surface area contributed by atoms with Gasteiger partial charge in [-0.15, -0.1) is 0 Å². The second-order valence-electron chi connectivity index (χ2n) is 5.24. The molecule has 0 aromatic heterocycles. The number of methoxy groups -OCH3 is 1. The van der Waals surface area contributed by atoms with Crippen LogP contribution in [-0.2, 0) is 9.47 Å². The van der Waals surface area contributed by atoms with Crippen molar-refractivity contribution in [1.29, 1.82) is 0 Å². The lowest BCUT2D eigenvalue weighted by Gasteiger charge is -2.19. The van der Waals surface area contributed by atoms with Crippen molar-refractivity contribution >= 4 is 5.97 Å². The number of benzene rings is 1. The smallest absolute Gasteiger partial charge is 0.338 e. The van der Waals surface area contributed by atoms with Crippen LogP contribution in [0.15, 0.2) is 24.3 Å². The van der Waals surface area contributed by atoms with Crippen LogP contribution in [0.3, 0.4) is 0 Å². The van der Waals surface area contributed by atoms with Crippen molar-refractivity contribution in [2.45, 2.75) is 25.5 Å². The molecule has 5 heteroatoms. The minimum Gasteiger partial charge on any atom is -0.492 e. The molecular weight excluding hydrogens is 270 g/mol. The Bertz CT molecular complexity index is 460. The van der Waals surface area contributed by atoms with Gasteiger partial charge in [0.1, 0.15) is 12.4 Å². The van der Waals surface area contributed by atoms with Gasteiger partial charge in [-0.25, -0.2) is 4.79 Å². The number of likely N-dealkylation sites (tertiary alicyclic amines) is 1. The molecule has 1 aromatic rings. The van der Waals surface area contributed by atoms with E-state index in [-0.39, 0.29) is 12.1 Å². The molecule has 0 amide bonds. The normalized spacial score (nSPS) is 22.2. The Balaban J connectivity index is 1.85. The van der Waals surface area contributed by atoms with E-state index in [2.05, 4.69) is 11.9 Å². The highest BCUT2D eigenvalue weighted by atomic mass is 16.5. The van der Waals surface area contributed by atoms with Crippen molar-refractivity contribution in [3.05, 3.63) is 29.8 Å². The number of carbonyl (C=O) groups is 1. The molecule has 0 radical (unpaired) electrons. The van der Waals surface area contributed by atoms with Crippen LogP contribution in [0, 0.1) is 0 Å². The van der Waals surface area contributed by atoms with Gasteiger partial charge in [0.15, 0.2) is 0 Å². The maximum Gasteiger partial charge on any atom is 0.338 e. The van der Waals surface area contributed by atoms with E-state index in [0.717, 1.165) is 18.7 Å². The molecule has 116 valence electrons. The molecule has 0 bridgehead atoms. The number of nitrogens with zero attached hydrogens (tertiary/aromatic N) is 1. The van der Waals surface area contributed by atoms with Crippen LogP contribution < -0.4 is 4.74 Å². The summed E-state index contributed by atoms with van der Waals surface area (Å²) in [7, 11) is 3.83. The SMILES string of the molecule is CCOC(=O)c1ccc(OC[C@@H]2C[C@H](OC)CN2C)cc1. The zero-order valence-electron chi connectivity index (χ0n) is 12.9. The Labute approximate surface area is 125 Å². The third kappa shape index (κ3) is 4.19. The van der Waals surface area contributed by atoms with Crippen LogP contribution >= 0.6 is 0 Å². The van der Waals surface area contributed by atoms with Crippen LogP contribution in [0.4, 0.5) is 0 Å². The van der Waals surface area contributed by atoms with Crippen molar-refractivity contribution < 1.29 is 19.0 Å². The van der Waals surface area contributed by atoms with E-state index in [9.17, 15) is 4.79 Å². The second kappa shape index (κ2) is 7.43. The molecule has 1 aliphatic heterocycles. The Hall–Kier alpha value is -1.59. The topological polar surface area (TPSA) is 48.0 Å². The van der Waals surface area contributed by atoms with Gasteiger partial charge in [-0.1, -0.05) is 0 Å². The molecule has 1 fully saturated rings. The van der Waals surface area contributed by atoms with Gasteiger partial charge in [-0.3, -0.25) is 4.90 Å². The second-order valence-corrected chi connectivity index (χ2v) is 5.24. The first-order valence-corrected chi connectivity index (χ1v) is 7.27. The van der Waals surface area contributed by atoms with Crippen molar-refractivity contribution in [3.8, 4) is 5.75 Å². The van der Waals surface area contributed by atoms with Crippen LogP contribution in [0.25, 0.3) is 0 Å². The molecule has 1 aliphatic rings. The highest BCUT2D eigenvalue weighted by Crippen LogP contribution is 2.20. The molecule has 0 spiro atoms. The summed E-state index contributed by atoms with van der Waals surface area (Å²) < 4.78 is 16.1. The summed E-state index contributed by atoms with van der Waals surface area (Å²) in [6.07, 6.45) is 1.27. The van der Waals surface area contributed by atoms with E-state index >= 15 is 0 Å². The number of esters is 1. The third-order valence-corrected chi connectivity index (χ3v) is 3.79. The fourth-order valence-corrected chi connectivity index (χ4v) is 2.49. The molecule has 2 rings (SSSR count).